The largest absolute Gasteiger partial charge is 0.489 e. The highest BCUT2D eigenvalue weighted by atomic mass is 19.4. The van der Waals surface area contributed by atoms with Gasteiger partial charge >= 0.3 is 6.18 Å². The first-order valence-corrected chi connectivity index (χ1v) is 7.63. The number of hydrogen-bond acceptors (Lipinski definition) is 1. The van der Waals surface area contributed by atoms with Crippen molar-refractivity contribution in [3.05, 3.63) is 71.0 Å². The van der Waals surface area contributed by atoms with Crippen LogP contribution in [0.3, 0.4) is 0 Å². The van der Waals surface area contributed by atoms with Crippen LogP contribution in [0.15, 0.2) is 54.4 Å². The van der Waals surface area contributed by atoms with Crippen LogP contribution in [0.1, 0.15) is 36.5 Å². The number of hydrogen-bond donors (Lipinski definition) is 0. The zero-order valence-electron chi connectivity index (χ0n) is 13.2. The highest BCUT2D eigenvalue weighted by Gasteiger charge is 2.29. The van der Waals surface area contributed by atoms with E-state index in [0.29, 0.717) is 17.7 Å². The maximum Gasteiger partial charge on any atom is 0.416 e. The molecule has 0 spiro atoms. The number of benzene rings is 2. The fraction of sp³-hybridized carbons (Fsp3) is 0.263. The third-order valence-corrected chi connectivity index (χ3v) is 3.38. The monoisotopic (exact) mass is 338 g/mol. The number of halogens is 4. The number of rotatable bonds is 6. The van der Waals surface area contributed by atoms with Crippen molar-refractivity contribution in [3.8, 4) is 5.75 Å². The molecule has 0 unspecified atom stereocenters. The molecule has 0 fully saturated rings. The van der Waals surface area contributed by atoms with Gasteiger partial charge in [-0.3, -0.25) is 0 Å². The average Bonchev–Trinajstić information content (AvgIpc) is 2.54. The Morgan fingerprint density at radius 2 is 1.62 bits per heavy atom. The van der Waals surface area contributed by atoms with Crippen LogP contribution in [0.2, 0.25) is 0 Å². The van der Waals surface area contributed by atoms with E-state index < -0.39 is 11.7 Å². The second-order valence-corrected chi connectivity index (χ2v) is 5.39. The van der Waals surface area contributed by atoms with E-state index in [-0.39, 0.29) is 12.4 Å². The number of allylic oxidation sites excluding steroid dienone is 1. The lowest BCUT2D eigenvalue weighted by atomic mass is 10.1. The van der Waals surface area contributed by atoms with Crippen molar-refractivity contribution in [1.82, 2.24) is 0 Å². The minimum Gasteiger partial charge on any atom is -0.489 e. The fourth-order valence-corrected chi connectivity index (χ4v) is 2.11. The molecule has 5 heteroatoms. The van der Waals surface area contributed by atoms with Crippen molar-refractivity contribution >= 4 is 6.08 Å². The van der Waals surface area contributed by atoms with E-state index in [1.54, 1.807) is 24.3 Å². The second kappa shape index (κ2) is 7.99. The molecule has 0 aliphatic carbocycles. The van der Waals surface area contributed by atoms with Gasteiger partial charge in [-0.2, -0.15) is 13.2 Å². The highest BCUT2D eigenvalue weighted by Crippen LogP contribution is 2.29. The van der Waals surface area contributed by atoms with Gasteiger partial charge in [0.1, 0.15) is 18.2 Å². The first kappa shape index (κ1) is 18.0. The van der Waals surface area contributed by atoms with Crippen molar-refractivity contribution in [2.75, 3.05) is 0 Å². The van der Waals surface area contributed by atoms with Crippen LogP contribution in [0.4, 0.5) is 17.6 Å². The Labute approximate surface area is 138 Å². The molecule has 128 valence electrons. The zero-order valence-corrected chi connectivity index (χ0v) is 13.2. The predicted molar refractivity (Wildman–Crippen MR) is 86.2 cm³/mol. The summed E-state index contributed by atoms with van der Waals surface area (Å²) in [6.45, 7) is 2.07. The maximum atomic E-state index is 13.4. The summed E-state index contributed by atoms with van der Waals surface area (Å²) >= 11 is 0. The molecule has 0 heterocycles. The van der Waals surface area contributed by atoms with Gasteiger partial charge in [-0.05, 0) is 54.3 Å². The van der Waals surface area contributed by atoms with Crippen molar-refractivity contribution in [3.63, 3.8) is 0 Å². The molecule has 0 atom stereocenters. The molecule has 2 aromatic rings. The van der Waals surface area contributed by atoms with Gasteiger partial charge in [-0.25, -0.2) is 4.39 Å². The molecule has 1 nitrogen and oxygen atoms in total. The molecule has 0 radical (unpaired) electrons. The van der Waals surface area contributed by atoms with Gasteiger partial charge in [0.25, 0.3) is 0 Å². The van der Waals surface area contributed by atoms with Crippen LogP contribution < -0.4 is 4.74 Å². The van der Waals surface area contributed by atoms with Gasteiger partial charge in [0, 0.05) is 0 Å². The van der Waals surface area contributed by atoms with Gasteiger partial charge in [0.15, 0.2) is 0 Å². The smallest absolute Gasteiger partial charge is 0.416 e. The van der Waals surface area contributed by atoms with Crippen LogP contribution in [0.5, 0.6) is 5.75 Å². The van der Waals surface area contributed by atoms with Crippen molar-refractivity contribution < 1.29 is 22.3 Å². The summed E-state index contributed by atoms with van der Waals surface area (Å²) in [4.78, 5) is 0. The van der Waals surface area contributed by atoms with Crippen molar-refractivity contribution in [2.24, 2.45) is 0 Å². The van der Waals surface area contributed by atoms with Gasteiger partial charge < -0.3 is 4.74 Å². The fourth-order valence-electron chi connectivity index (χ4n) is 2.11. The minimum absolute atomic E-state index is 0.164. The van der Waals surface area contributed by atoms with Crippen molar-refractivity contribution in [1.29, 1.82) is 0 Å². The molecular formula is C19H18F4O. The summed E-state index contributed by atoms with van der Waals surface area (Å²) in [5.74, 6) is 0.402. The molecule has 2 aromatic carbocycles. The Bertz CT molecular complexity index is 670. The molecule has 0 saturated carbocycles. The first-order valence-electron chi connectivity index (χ1n) is 7.63. The van der Waals surface area contributed by atoms with Crippen LogP contribution in [-0.4, -0.2) is 0 Å². The molecule has 0 aromatic heterocycles. The SMILES string of the molecule is CCC/C(F)=C\c1ccc(OCc2ccc(C(F)(F)F)cc2)cc1. The van der Waals surface area contributed by atoms with Crippen LogP contribution in [-0.2, 0) is 12.8 Å². The van der Waals surface area contributed by atoms with Crippen LogP contribution in [0.25, 0.3) is 6.08 Å². The lowest BCUT2D eigenvalue weighted by Crippen LogP contribution is -2.05. The molecular weight excluding hydrogens is 320 g/mol. The standard InChI is InChI=1S/C19H18F4O/c1-2-3-17(20)12-14-6-10-18(11-7-14)24-13-15-4-8-16(9-5-15)19(21,22)23/h4-12H,2-3,13H2,1H3/b17-12+. The van der Waals surface area contributed by atoms with E-state index in [0.717, 1.165) is 24.1 Å². The Balaban J connectivity index is 1.94. The topological polar surface area (TPSA) is 9.23 Å². The van der Waals surface area contributed by atoms with Crippen LogP contribution >= 0.6 is 0 Å². The van der Waals surface area contributed by atoms with Gasteiger partial charge in [-0.15, -0.1) is 0 Å². The van der Waals surface area contributed by atoms with Crippen molar-refractivity contribution in [2.45, 2.75) is 32.5 Å². The highest BCUT2D eigenvalue weighted by molar-refractivity contribution is 5.52. The quantitative estimate of drug-likeness (QED) is 0.554. The number of ether oxygens (including phenoxy) is 1. The number of alkyl halides is 3. The molecule has 24 heavy (non-hydrogen) atoms. The van der Waals surface area contributed by atoms with E-state index in [4.69, 9.17) is 4.74 Å². The molecule has 2 rings (SSSR count). The first-order chi connectivity index (χ1) is 11.4. The lowest BCUT2D eigenvalue weighted by Gasteiger charge is -2.09. The molecule has 0 aliphatic rings. The van der Waals surface area contributed by atoms with E-state index in [1.165, 1.54) is 18.2 Å². The van der Waals surface area contributed by atoms with E-state index in [1.807, 2.05) is 6.92 Å². The summed E-state index contributed by atoms with van der Waals surface area (Å²) in [5.41, 5.74) is 0.695. The average molecular weight is 338 g/mol. The molecule has 0 aliphatic heterocycles. The predicted octanol–water partition coefficient (Wildman–Crippen LogP) is 6.39. The summed E-state index contributed by atoms with van der Waals surface area (Å²) in [5, 5.41) is 0. The Hall–Kier alpha value is -2.30. The molecule has 0 saturated heterocycles. The Morgan fingerprint density at radius 3 is 2.17 bits per heavy atom. The Kier molecular flexibility index (Phi) is 6.01. The summed E-state index contributed by atoms with van der Waals surface area (Å²) in [6.07, 6.45) is -1.71. The normalized spacial score (nSPS) is 12.3. The van der Waals surface area contributed by atoms with E-state index in [2.05, 4.69) is 0 Å². The second-order valence-electron chi connectivity index (χ2n) is 5.39. The molecule has 0 N–H and O–H groups in total. The molecule has 0 bridgehead atoms. The lowest BCUT2D eigenvalue weighted by molar-refractivity contribution is -0.137. The maximum absolute atomic E-state index is 13.4. The van der Waals surface area contributed by atoms with E-state index in [9.17, 15) is 17.6 Å². The zero-order chi connectivity index (χ0) is 17.6. The van der Waals surface area contributed by atoms with Gasteiger partial charge in [0.2, 0.25) is 0 Å². The summed E-state index contributed by atoms with van der Waals surface area (Å²) in [7, 11) is 0. The summed E-state index contributed by atoms with van der Waals surface area (Å²) < 4.78 is 56.4. The summed E-state index contributed by atoms with van der Waals surface area (Å²) in [6, 6.07) is 11.7. The van der Waals surface area contributed by atoms with Crippen LogP contribution in [0, 0.1) is 0 Å². The van der Waals surface area contributed by atoms with Gasteiger partial charge in [0.05, 0.1) is 5.56 Å². The van der Waals surface area contributed by atoms with E-state index >= 15 is 0 Å². The third-order valence-electron chi connectivity index (χ3n) is 3.38. The van der Waals surface area contributed by atoms with Gasteiger partial charge in [-0.1, -0.05) is 31.2 Å². The molecule has 0 amide bonds. The minimum atomic E-state index is -4.34. The third kappa shape index (κ3) is 5.41. The Morgan fingerprint density at radius 1 is 1.00 bits per heavy atom.